The van der Waals surface area contributed by atoms with Gasteiger partial charge in [0.2, 0.25) is 0 Å². The molecule has 150 valence electrons. The molecule has 10 heteroatoms. The number of nitro benzene ring substituents is 1. The van der Waals surface area contributed by atoms with Crippen LogP contribution in [0.4, 0.5) is 15.3 Å². The first-order valence-corrected chi connectivity index (χ1v) is 8.81. The lowest BCUT2D eigenvalue weighted by Crippen LogP contribution is -2.48. The summed E-state index contributed by atoms with van der Waals surface area (Å²) in [6.45, 7) is 1.38. The molecule has 0 fully saturated rings. The smallest absolute Gasteiger partial charge is 0.417 e. The number of ether oxygens (including phenoxy) is 1. The van der Waals surface area contributed by atoms with E-state index < -0.39 is 23.2 Å². The highest BCUT2D eigenvalue weighted by Gasteiger charge is 2.34. The fourth-order valence-corrected chi connectivity index (χ4v) is 3.10. The number of nitrogens with zero attached hydrogens (tertiary/aromatic N) is 3. The van der Waals surface area contributed by atoms with E-state index in [0.717, 1.165) is 4.90 Å². The summed E-state index contributed by atoms with van der Waals surface area (Å²) in [5, 5.41) is 20.6. The summed E-state index contributed by atoms with van der Waals surface area (Å²) in [6.07, 6.45) is -0.393. The molecule has 1 unspecified atom stereocenters. The molecule has 2 amide bonds. The number of allylic oxidation sites excluding steroid dienone is 1. The Bertz CT molecular complexity index is 992. The van der Waals surface area contributed by atoms with Gasteiger partial charge in [-0.05, 0) is 42.8 Å². The molecular weight excluding hydrogens is 402 g/mol. The third-order valence-electron chi connectivity index (χ3n) is 4.36. The fourth-order valence-electron chi connectivity index (χ4n) is 2.90. The van der Waals surface area contributed by atoms with Crippen LogP contribution in [0.25, 0.3) is 0 Å². The van der Waals surface area contributed by atoms with Gasteiger partial charge in [0, 0.05) is 22.9 Å². The van der Waals surface area contributed by atoms with Gasteiger partial charge >= 0.3 is 12.2 Å². The predicted molar refractivity (Wildman–Crippen MR) is 104 cm³/mol. The van der Waals surface area contributed by atoms with E-state index in [1.807, 2.05) is 0 Å². The number of non-ortho nitro benzene ring substituents is 1. The summed E-state index contributed by atoms with van der Waals surface area (Å²) < 4.78 is 5.32. The first kappa shape index (κ1) is 20.2. The highest BCUT2D eigenvalue weighted by atomic mass is 35.5. The highest BCUT2D eigenvalue weighted by molar-refractivity contribution is 6.30. The van der Waals surface area contributed by atoms with Gasteiger partial charge in [-0.25, -0.2) is 9.59 Å². The van der Waals surface area contributed by atoms with Crippen molar-refractivity contribution in [1.29, 1.82) is 0 Å². The first-order chi connectivity index (χ1) is 13.8. The van der Waals surface area contributed by atoms with E-state index in [1.54, 1.807) is 37.3 Å². The topological polar surface area (TPSA) is 113 Å². The zero-order valence-corrected chi connectivity index (χ0v) is 15.9. The molecule has 3 rings (SSSR count). The number of carboxylic acid groups (broad SMARTS) is 1. The molecule has 0 aromatic heterocycles. The molecule has 0 saturated heterocycles. The number of rotatable bonds is 3. The van der Waals surface area contributed by atoms with E-state index in [0.29, 0.717) is 16.3 Å². The van der Waals surface area contributed by atoms with Crippen LogP contribution in [0.15, 0.2) is 60.3 Å². The summed E-state index contributed by atoms with van der Waals surface area (Å²) >= 11 is 6.06. The molecule has 2 aromatic carbocycles. The van der Waals surface area contributed by atoms with Crippen LogP contribution in [0, 0.1) is 10.1 Å². The minimum atomic E-state index is -1.21. The number of amides is 2. The Balaban J connectivity index is 1.90. The average molecular weight is 418 g/mol. The number of hydrogen-bond acceptors (Lipinski definition) is 5. The van der Waals surface area contributed by atoms with Gasteiger partial charge in [-0.15, -0.1) is 0 Å². The van der Waals surface area contributed by atoms with Crippen molar-refractivity contribution < 1.29 is 24.4 Å². The Morgan fingerprint density at radius 2 is 1.93 bits per heavy atom. The maximum Gasteiger partial charge on any atom is 0.417 e. The predicted octanol–water partition coefficient (Wildman–Crippen LogP) is 4.65. The van der Waals surface area contributed by atoms with Crippen molar-refractivity contribution in [2.75, 3.05) is 6.67 Å². The maximum absolute atomic E-state index is 12.8. The maximum atomic E-state index is 12.8. The normalized spacial score (nSPS) is 16.2. The molecule has 1 heterocycles. The number of halogens is 1. The van der Waals surface area contributed by atoms with Gasteiger partial charge in [0.15, 0.2) is 0 Å². The zero-order chi connectivity index (χ0) is 21.1. The van der Waals surface area contributed by atoms with Crippen molar-refractivity contribution in [2.24, 2.45) is 0 Å². The van der Waals surface area contributed by atoms with Crippen LogP contribution in [0.2, 0.25) is 5.02 Å². The molecule has 29 heavy (non-hydrogen) atoms. The third-order valence-corrected chi connectivity index (χ3v) is 4.60. The molecule has 0 spiro atoms. The lowest BCUT2D eigenvalue weighted by atomic mass is 10.0. The second-order valence-electron chi connectivity index (χ2n) is 6.25. The van der Waals surface area contributed by atoms with Crippen molar-refractivity contribution in [3.63, 3.8) is 0 Å². The van der Waals surface area contributed by atoms with Crippen molar-refractivity contribution >= 4 is 29.5 Å². The van der Waals surface area contributed by atoms with Crippen LogP contribution in [0.5, 0.6) is 5.75 Å². The summed E-state index contributed by atoms with van der Waals surface area (Å²) in [5.41, 5.74) is 1.000. The Morgan fingerprint density at radius 3 is 2.52 bits per heavy atom. The minimum absolute atomic E-state index is 0.0959. The standard InChI is InChI=1S/C19H16ClN3O6/c1-12-9-17(13-3-2-4-14(20)10-13)22(11-21(12)18(24)25)19(26)29-16-7-5-15(6-8-16)23(27)28/h2-10,17H,11H2,1H3,(H,24,25). The van der Waals surface area contributed by atoms with Crippen LogP contribution in [0.1, 0.15) is 18.5 Å². The van der Waals surface area contributed by atoms with Crippen molar-refractivity contribution in [2.45, 2.75) is 13.0 Å². The summed E-state index contributed by atoms with van der Waals surface area (Å²) in [4.78, 5) is 36.8. The largest absolute Gasteiger partial charge is 0.465 e. The summed E-state index contributed by atoms with van der Waals surface area (Å²) in [7, 11) is 0. The zero-order valence-electron chi connectivity index (χ0n) is 15.2. The molecule has 1 aliphatic heterocycles. The number of hydrogen-bond donors (Lipinski definition) is 1. The van der Waals surface area contributed by atoms with Crippen LogP contribution in [-0.2, 0) is 0 Å². The van der Waals surface area contributed by atoms with Crippen LogP contribution < -0.4 is 4.74 Å². The van der Waals surface area contributed by atoms with Crippen molar-refractivity contribution in [1.82, 2.24) is 9.80 Å². The van der Waals surface area contributed by atoms with E-state index >= 15 is 0 Å². The average Bonchev–Trinajstić information content (AvgIpc) is 2.67. The number of carbonyl (C=O) groups excluding carboxylic acids is 1. The molecule has 0 saturated carbocycles. The van der Waals surface area contributed by atoms with E-state index in [9.17, 15) is 24.8 Å². The SMILES string of the molecule is CC1=CC(c2cccc(Cl)c2)N(C(=O)Oc2ccc([N+](=O)[O-])cc2)CN1C(=O)O. The number of nitro groups is 1. The molecule has 9 nitrogen and oxygen atoms in total. The minimum Gasteiger partial charge on any atom is -0.465 e. The molecule has 1 atom stereocenters. The second-order valence-corrected chi connectivity index (χ2v) is 6.69. The van der Waals surface area contributed by atoms with E-state index in [-0.39, 0.29) is 18.1 Å². The molecule has 2 aromatic rings. The number of benzene rings is 2. The quantitative estimate of drug-likeness (QED) is 0.574. The Morgan fingerprint density at radius 1 is 1.24 bits per heavy atom. The van der Waals surface area contributed by atoms with Gasteiger partial charge in [-0.2, -0.15) is 0 Å². The number of carbonyl (C=O) groups is 2. The molecular formula is C19H16ClN3O6. The first-order valence-electron chi connectivity index (χ1n) is 8.43. The van der Waals surface area contributed by atoms with Gasteiger partial charge in [0.1, 0.15) is 12.4 Å². The lowest BCUT2D eigenvalue weighted by molar-refractivity contribution is -0.384. The van der Waals surface area contributed by atoms with Gasteiger partial charge in [-0.1, -0.05) is 23.7 Å². The monoisotopic (exact) mass is 417 g/mol. The Hall–Kier alpha value is -3.59. The van der Waals surface area contributed by atoms with Crippen LogP contribution >= 0.6 is 11.6 Å². The summed E-state index contributed by atoms with van der Waals surface area (Å²) in [6, 6.07) is 11.3. The molecule has 1 N–H and O–H groups in total. The van der Waals surface area contributed by atoms with E-state index in [1.165, 1.54) is 29.2 Å². The van der Waals surface area contributed by atoms with Gasteiger partial charge in [0.05, 0.1) is 11.0 Å². The Kier molecular flexibility index (Phi) is 5.69. The van der Waals surface area contributed by atoms with Gasteiger partial charge in [0.25, 0.3) is 5.69 Å². The van der Waals surface area contributed by atoms with E-state index in [2.05, 4.69) is 0 Å². The van der Waals surface area contributed by atoms with Crippen molar-refractivity contribution in [3.05, 3.63) is 81.0 Å². The van der Waals surface area contributed by atoms with Crippen molar-refractivity contribution in [3.8, 4) is 5.75 Å². The summed E-state index contributed by atoms with van der Waals surface area (Å²) in [5.74, 6) is 0.0959. The molecule has 1 aliphatic rings. The highest BCUT2D eigenvalue weighted by Crippen LogP contribution is 2.32. The second kappa shape index (κ2) is 8.19. The van der Waals surface area contributed by atoms with E-state index in [4.69, 9.17) is 16.3 Å². The van der Waals surface area contributed by atoms with Gasteiger partial charge in [-0.3, -0.25) is 19.9 Å². The third kappa shape index (κ3) is 4.46. The molecule has 0 radical (unpaired) electrons. The van der Waals surface area contributed by atoms with Crippen LogP contribution in [-0.4, -0.2) is 38.7 Å². The lowest BCUT2D eigenvalue weighted by Gasteiger charge is -2.38. The Labute approximate surface area is 170 Å². The molecule has 0 bridgehead atoms. The fraction of sp³-hybridized carbons (Fsp3) is 0.158. The van der Waals surface area contributed by atoms with Gasteiger partial charge < -0.3 is 9.84 Å². The molecule has 0 aliphatic carbocycles. The van der Waals surface area contributed by atoms with Crippen LogP contribution in [0.3, 0.4) is 0 Å².